The number of carbonyl (C=O) groups excluding carboxylic acids is 2. The van der Waals surface area contributed by atoms with Crippen LogP contribution in [0.1, 0.15) is 6.92 Å². The van der Waals surface area contributed by atoms with E-state index < -0.39 is 0 Å². The molecule has 2 amide bonds. The van der Waals surface area contributed by atoms with Gasteiger partial charge in [-0.15, -0.1) is 11.8 Å². The summed E-state index contributed by atoms with van der Waals surface area (Å²) >= 11 is 5.20. The van der Waals surface area contributed by atoms with Crippen molar-refractivity contribution < 1.29 is 9.59 Å². The zero-order valence-electron chi connectivity index (χ0n) is 14.4. The Bertz CT molecular complexity index is 815. The maximum atomic E-state index is 12.3. The van der Waals surface area contributed by atoms with Gasteiger partial charge in [-0.3, -0.25) is 9.59 Å². The minimum atomic E-state index is -0.256. The SMILES string of the molecule is CC1CN(CC(=O)NCC(=O)Nc2ccccc2Br)c2ccccc2S1. The van der Waals surface area contributed by atoms with Crippen LogP contribution in [0, 0.1) is 0 Å². The lowest BCUT2D eigenvalue weighted by Crippen LogP contribution is -2.43. The number of halogens is 1. The summed E-state index contributed by atoms with van der Waals surface area (Å²) in [7, 11) is 0. The van der Waals surface area contributed by atoms with Gasteiger partial charge in [-0.25, -0.2) is 0 Å². The molecule has 136 valence electrons. The first-order valence-electron chi connectivity index (χ1n) is 8.34. The number of rotatable bonds is 5. The molecule has 5 nitrogen and oxygen atoms in total. The van der Waals surface area contributed by atoms with Gasteiger partial charge in [-0.2, -0.15) is 0 Å². The summed E-state index contributed by atoms with van der Waals surface area (Å²) < 4.78 is 0.802. The Morgan fingerprint density at radius 2 is 1.88 bits per heavy atom. The molecule has 0 aliphatic carbocycles. The lowest BCUT2D eigenvalue weighted by molar-refractivity contribution is -0.123. The largest absolute Gasteiger partial charge is 0.360 e. The first kappa shape index (κ1) is 18.8. The maximum absolute atomic E-state index is 12.3. The summed E-state index contributed by atoms with van der Waals surface area (Å²) in [4.78, 5) is 27.6. The molecule has 7 heteroatoms. The van der Waals surface area contributed by atoms with Crippen molar-refractivity contribution in [2.75, 3.05) is 29.9 Å². The fourth-order valence-electron chi connectivity index (χ4n) is 2.80. The number of nitrogens with one attached hydrogen (secondary N) is 2. The summed E-state index contributed by atoms with van der Waals surface area (Å²) in [6.07, 6.45) is 0. The van der Waals surface area contributed by atoms with E-state index in [1.54, 1.807) is 6.07 Å². The Morgan fingerprint density at radius 3 is 2.69 bits per heavy atom. The third-order valence-corrected chi connectivity index (χ3v) is 5.78. The smallest absolute Gasteiger partial charge is 0.243 e. The molecule has 0 bridgehead atoms. The lowest BCUT2D eigenvalue weighted by Gasteiger charge is -2.33. The van der Waals surface area contributed by atoms with E-state index in [0.29, 0.717) is 10.9 Å². The van der Waals surface area contributed by atoms with Gasteiger partial charge < -0.3 is 15.5 Å². The molecule has 0 aromatic heterocycles. The third kappa shape index (κ3) is 4.80. The first-order valence-corrected chi connectivity index (χ1v) is 10.0. The standard InChI is InChI=1S/C19H20BrN3O2S/c1-13-11-23(16-8-4-5-9-17(16)26-13)12-19(25)21-10-18(24)22-15-7-3-2-6-14(15)20/h2-9,13H,10-12H2,1H3,(H,21,25)(H,22,24). The monoisotopic (exact) mass is 433 g/mol. The average molecular weight is 434 g/mol. The number of anilines is 2. The Kier molecular flexibility index (Phi) is 6.21. The van der Waals surface area contributed by atoms with Gasteiger partial charge in [-0.05, 0) is 40.2 Å². The Morgan fingerprint density at radius 1 is 1.15 bits per heavy atom. The van der Waals surface area contributed by atoms with Crippen molar-refractivity contribution in [3.63, 3.8) is 0 Å². The highest BCUT2D eigenvalue weighted by atomic mass is 79.9. The molecule has 0 saturated carbocycles. The Labute approximate surface area is 165 Å². The molecule has 3 rings (SSSR count). The van der Waals surface area contributed by atoms with Crippen LogP contribution in [-0.4, -0.2) is 36.7 Å². The summed E-state index contributed by atoms with van der Waals surface area (Å²) in [6.45, 7) is 3.14. The molecule has 1 atom stereocenters. The highest BCUT2D eigenvalue weighted by Crippen LogP contribution is 2.37. The topological polar surface area (TPSA) is 61.4 Å². The second kappa shape index (κ2) is 8.60. The van der Waals surface area contributed by atoms with Gasteiger partial charge in [0.1, 0.15) is 0 Å². The Balaban J connectivity index is 1.53. The van der Waals surface area contributed by atoms with Crippen molar-refractivity contribution in [2.45, 2.75) is 17.1 Å². The number of thioether (sulfide) groups is 1. The van der Waals surface area contributed by atoms with Gasteiger partial charge in [0.05, 0.1) is 24.5 Å². The minimum absolute atomic E-state index is 0.0556. The molecule has 2 N–H and O–H groups in total. The van der Waals surface area contributed by atoms with Gasteiger partial charge in [0.25, 0.3) is 0 Å². The zero-order valence-corrected chi connectivity index (χ0v) is 16.8. The normalized spacial score (nSPS) is 15.9. The summed E-state index contributed by atoms with van der Waals surface area (Å²) in [6, 6.07) is 15.4. The van der Waals surface area contributed by atoms with Gasteiger partial charge in [-0.1, -0.05) is 31.2 Å². The number of nitrogens with zero attached hydrogens (tertiary/aromatic N) is 1. The van der Waals surface area contributed by atoms with E-state index in [-0.39, 0.29) is 24.9 Å². The summed E-state index contributed by atoms with van der Waals surface area (Å²) in [5.74, 6) is -0.422. The zero-order chi connectivity index (χ0) is 18.5. The molecular weight excluding hydrogens is 414 g/mol. The molecule has 0 spiro atoms. The van der Waals surface area contributed by atoms with Crippen LogP contribution in [0.3, 0.4) is 0 Å². The van der Waals surface area contributed by atoms with Gasteiger partial charge in [0, 0.05) is 21.2 Å². The molecule has 26 heavy (non-hydrogen) atoms. The number of hydrogen-bond acceptors (Lipinski definition) is 4. The molecule has 0 saturated heterocycles. The number of hydrogen-bond donors (Lipinski definition) is 2. The number of amides is 2. The van der Waals surface area contributed by atoms with E-state index in [4.69, 9.17) is 0 Å². The fraction of sp³-hybridized carbons (Fsp3) is 0.263. The van der Waals surface area contributed by atoms with Crippen molar-refractivity contribution in [2.24, 2.45) is 0 Å². The number of para-hydroxylation sites is 2. The van der Waals surface area contributed by atoms with Crippen LogP contribution in [0.15, 0.2) is 57.9 Å². The van der Waals surface area contributed by atoms with Crippen LogP contribution < -0.4 is 15.5 Å². The molecule has 0 fully saturated rings. The van der Waals surface area contributed by atoms with Crippen LogP contribution in [0.4, 0.5) is 11.4 Å². The quantitative estimate of drug-likeness (QED) is 0.757. The summed E-state index contributed by atoms with van der Waals surface area (Å²) in [5, 5.41) is 5.89. The van der Waals surface area contributed by atoms with Crippen molar-refractivity contribution >= 4 is 50.9 Å². The van der Waals surface area contributed by atoms with E-state index in [1.807, 2.05) is 48.2 Å². The van der Waals surface area contributed by atoms with Crippen molar-refractivity contribution in [3.05, 3.63) is 53.0 Å². The second-order valence-electron chi connectivity index (χ2n) is 6.08. The third-order valence-electron chi connectivity index (χ3n) is 3.94. The first-order chi connectivity index (χ1) is 12.5. The average Bonchev–Trinajstić information content (AvgIpc) is 2.62. The highest BCUT2D eigenvalue weighted by molar-refractivity contribution is 9.10. The van der Waals surface area contributed by atoms with Crippen LogP contribution in [0.2, 0.25) is 0 Å². The van der Waals surface area contributed by atoms with Gasteiger partial charge >= 0.3 is 0 Å². The molecular formula is C19H20BrN3O2S. The van der Waals surface area contributed by atoms with Crippen LogP contribution in [0.5, 0.6) is 0 Å². The molecule has 1 heterocycles. The van der Waals surface area contributed by atoms with E-state index in [9.17, 15) is 9.59 Å². The molecule has 2 aromatic rings. The maximum Gasteiger partial charge on any atom is 0.243 e. The van der Waals surface area contributed by atoms with Crippen LogP contribution in [0.25, 0.3) is 0 Å². The lowest BCUT2D eigenvalue weighted by atomic mass is 10.2. The predicted molar refractivity (Wildman–Crippen MR) is 110 cm³/mol. The molecule has 2 aromatic carbocycles. The second-order valence-corrected chi connectivity index (χ2v) is 8.42. The van der Waals surface area contributed by atoms with Crippen molar-refractivity contribution in [1.82, 2.24) is 5.32 Å². The predicted octanol–water partition coefficient (Wildman–Crippen LogP) is 3.50. The van der Waals surface area contributed by atoms with Crippen molar-refractivity contribution in [1.29, 1.82) is 0 Å². The van der Waals surface area contributed by atoms with E-state index in [2.05, 4.69) is 44.5 Å². The molecule has 1 unspecified atom stereocenters. The number of benzene rings is 2. The molecule has 1 aliphatic rings. The fourth-order valence-corrected chi connectivity index (χ4v) is 4.34. The van der Waals surface area contributed by atoms with Crippen LogP contribution >= 0.6 is 27.7 Å². The van der Waals surface area contributed by atoms with E-state index >= 15 is 0 Å². The molecule has 1 aliphatic heterocycles. The number of fused-ring (bicyclic) bond motifs is 1. The van der Waals surface area contributed by atoms with Gasteiger partial charge in [0.15, 0.2) is 0 Å². The van der Waals surface area contributed by atoms with Crippen molar-refractivity contribution in [3.8, 4) is 0 Å². The summed E-state index contributed by atoms with van der Waals surface area (Å²) in [5.41, 5.74) is 1.76. The minimum Gasteiger partial charge on any atom is -0.360 e. The van der Waals surface area contributed by atoms with E-state index in [0.717, 1.165) is 16.7 Å². The van der Waals surface area contributed by atoms with Crippen LogP contribution in [-0.2, 0) is 9.59 Å². The van der Waals surface area contributed by atoms with Gasteiger partial charge in [0.2, 0.25) is 11.8 Å². The van der Waals surface area contributed by atoms with E-state index in [1.165, 1.54) is 4.90 Å². The highest BCUT2D eigenvalue weighted by Gasteiger charge is 2.23. The Hall–Kier alpha value is -1.99. The number of carbonyl (C=O) groups is 2. The molecule has 0 radical (unpaired) electrons.